The molecule has 0 aliphatic rings. The molecule has 1 heterocycles. The zero-order valence-electron chi connectivity index (χ0n) is 14.2. The summed E-state index contributed by atoms with van der Waals surface area (Å²) in [5, 5.41) is 4.80. The first-order valence-electron chi connectivity index (χ1n) is 8.30. The van der Waals surface area contributed by atoms with Crippen LogP contribution in [-0.4, -0.2) is 24.1 Å². The van der Waals surface area contributed by atoms with Crippen molar-refractivity contribution in [3.05, 3.63) is 65.3 Å². The zero-order chi connectivity index (χ0) is 17.6. The number of nitrogens with zero attached hydrogens (tertiary/aromatic N) is 1. The molecular weight excluding hydrogens is 336 g/mol. The molecule has 0 unspecified atom stereocenters. The number of benzene rings is 2. The van der Waals surface area contributed by atoms with E-state index in [1.807, 2.05) is 12.1 Å². The van der Waals surface area contributed by atoms with Gasteiger partial charge in [0.15, 0.2) is 0 Å². The Morgan fingerprint density at radius 3 is 2.88 bits per heavy atom. The van der Waals surface area contributed by atoms with Crippen LogP contribution in [0, 0.1) is 0 Å². The molecule has 1 aromatic heterocycles. The van der Waals surface area contributed by atoms with Crippen LogP contribution in [0.3, 0.4) is 0 Å². The van der Waals surface area contributed by atoms with E-state index in [2.05, 4.69) is 34.3 Å². The Bertz CT molecular complexity index is 873. The molecule has 3 aromatic rings. The minimum absolute atomic E-state index is 0.0297. The van der Waals surface area contributed by atoms with Gasteiger partial charge in [-0.05, 0) is 42.1 Å². The molecule has 0 saturated heterocycles. The number of carbonyl (C=O) groups is 1. The number of hydrogen-bond donors (Lipinski definition) is 1. The number of nitrogens with one attached hydrogen (secondary N) is 1. The number of aromatic nitrogens is 1. The molecule has 0 spiro atoms. The van der Waals surface area contributed by atoms with E-state index in [1.165, 1.54) is 10.9 Å². The third-order valence-electron chi connectivity index (χ3n) is 4.17. The van der Waals surface area contributed by atoms with E-state index in [4.69, 9.17) is 16.3 Å². The third kappa shape index (κ3) is 4.34. The highest BCUT2D eigenvalue weighted by molar-refractivity contribution is 6.30. The van der Waals surface area contributed by atoms with Crippen molar-refractivity contribution >= 4 is 28.4 Å². The molecule has 1 N–H and O–H groups in total. The first kappa shape index (κ1) is 17.4. The van der Waals surface area contributed by atoms with Gasteiger partial charge >= 0.3 is 0 Å². The van der Waals surface area contributed by atoms with Gasteiger partial charge in [-0.25, -0.2) is 0 Å². The predicted octanol–water partition coefficient (Wildman–Crippen LogP) is 4.05. The lowest BCUT2D eigenvalue weighted by molar-refractivity contribution is -0.120. The number of fused-ring (bicyclic) bond motifs is 1. The van der Waals surface area contributed by atoms with Gasteiger partial charge in [0.1, 0.15) is 5.75 Å². The molecular formula is C20H21ClN2O2. The van der Waals surface area contributed by atoms with E-state index < -0.39 is 0 Å². The van der Waals surface area contributed by atoms with E-state index in [9.17, 15) is 4.79 Å². The summed E-state index contributed by atoms with van der Waals surface area (Å²) in [6, 6.07) is 15.7. The van der Waals surface area contributed by atoms with Crippen LogP contribution in [-0.2, 0) is 17.8 Å². The summed E-state index contributed by atoms with van der Waals surface area (Å²) in [4.78, 5) is 12.1. The monoisotopic (exact) mass is 356 g/mol. The molecule has 0 saturated carbocycles. The second-order valence-electron chi connectivity index (χ2n) is 5.90. The number of carbonyl (C=O) groups excluding carboxylic acids is 1. The molecule has 0 aliphatic heterocycles. The second kappa shape index (κ2) is 8.08. The maximum absolute atomic E-state index is 12.1. The summed E-state index contributed by atoms with van der Waals surface area (Å²) in [6.07, 6.45) is 3.22. The van der Waals surface area contributed by atoms with Crippen LogP contribution in [0.2, 0.25) is 5.02 Å². The smallest absolute Gasteiger partial charge is 0.224 e. The third-order valence-corrected chi connectivity index (χ3v) is 4.41. The van der Waals surface area contributed by atoms with Crippen LogP contribution in [0.15, 0.2) is 54.7 Å². The lowest BCUT2D eigenvalue weighted by Crippen LogP contribution is -2.27. The Kier molecular flexibility index (Phi) is 5.61. The molecule has 0 atom stereocenters. The molecule has 0 radical (unpaired) electrons. The highest BCUT2D eigenvalue weighted by atomic mass is 35.5. The fourth-order valence-corrected chi connectivity index (χ4v) is 3.13. The van der Waals surface area contributed by atoms with Gasteiger partial charge < -0.3 is 14.6 Å². The average Bonchev–Trinajstić information content (AvgIpc) is 3.02. The van der Waals surface area contributed by atoms with Gasteiger partial charge in [0.05, 0.1) is 13.5 Å². The Hall–Kier alpha value is -2.46. The molecule has 3 rings (SSSR count). The van der Waals surface area contributed by atoms with Crippen LogP contribution >= 0.6 is 11.6 Å². The van der Waals surface area contributed by atoms with E-state index in [1.54, 1.807) is 25.3 Å². The molecule has 5 heteroatoms. The second-order valence-corrected chi connectivity index (χ2v) is 6.34. The van der Waals surface area contributed by atoms with Gasteiger partial charge in [0.2, 0.25) is 5.91 Å². The highest BCUT2D eigenvalue weighted by Crippen LogP contribution is 2.23. The fraction of sp³-hybridized carbons (Fsp3) is 0.250. The highest BCUT2D eigenvalue weighted by Gasteiger charge is 2.09. The van der Waals surface area contributed by atoms with E-state index in [0.717, 1.165) is 18.5 Å². The van der Waals surface area contributed by atoms with Crippen molar-refractivity contribution in [2.24, 2.45) is 0 Å². The molecule has 4 nitrogen and oxygen atoms in total. The number of aryl methyl sites for hydroxylation is 1. The van der Waals surface area contributed by atoms with Gasteiger partial charge in [0.25, 0.3) is 0 Å². The van der Waals surface area contributed by atoms with E-state index in [0.29, 0.717) is 17.3 Å². The van der Waals surface area contributed by atoms with Crippen molar-refractivity contribution in [3.63, 3.8) is 0 Å². The predicted molar refractivity (Wildman–Crippen MR) is 101 cm³/mol. The minimum Gasteiger partial charge on any atom is -0.496 e. The van der Waals surface area contributed by atoms with Crippen molar-refractivity contribution in [1.82, 2.24) is 9.88 Å². The first-order chi connectivity index (χ1) is 12.2. The number of rotatable bonds is 7. The number of methoxy groups -OCH3 is 1. The van der Waals surface area contributed by atoms with Crippen LogP contribution in [0.1, 0.15) is 12.0 Å². The van der Waals surface area contributed by atoms with E-state index >= 15 is 0 Å². The quantitative estimate of drug-likeness (QED) is 0.649. The lowest BCUT2D eigenvalue weighted by Gasteiger charge is -2.10. The summed E-state index contributed by atoms with van der Waals surface area (Å²) in [6.45, 7) is 1.50. The van der Waals surface area contributed by atoms with Crippen molar-refractivity contribution in [2.75, 3.05) is 13.7 Å². The normalized spacial score (nSPS) is 10.8. The number of halogens is 1. The maximum Gasteiger partial charge on any atom is 0.224 e. The van der Waals surface area contributed by atoms with Crippen LogP contribution in [0.4, 0.5) is 0 Å². The summed E-state index contributed by atoms with van der Waals surface area (Å²) < 4.78 is 7.48. The molecule has 0 fully saturated rings. The summed E-state index contributed by atoms with van der Waals surface area (Å²) in [5.41, 5.74) is 2.02. The first-order valence-corrected chi connectivity index (χ1v) is 8.68. The molecule has 25 heavy (non-hydrogen) atoms. The Labute approximate surface area is 152 Å². The van der Waals surface area contributed by atoms with Crippen molar-refractivity contribution in [1.29, 1.82) is 0 Å². The number of amides is 1. The van der Waals surface area contributed by atoms with Crippen LogP contribution in [0.5, 0.6) is 5.75 Å². The van der Waals surface area contributed by atoms with Gasteiger partial charge in [0, 0.05) is 35.4 Å². The fourth-order valence-electron chi connectivity index (χ4n) is 2.93. The Morgan fingerprint density at radius 2 is 2.04 bits per heavy atom. The van der Waals surface area contributed by atoms with Crippen LogP contribution < -0.4 is 10.1 Å². The van der Waals surface area contributed by atoms with Crippen molar-refractivity contribution in [3.8, 4) is 5.75 Å². The summed E-state index contributed by atoms with van der Waals surface area (Å²) >= 11 is 6.00. The van der Waals surface area contributed by atoms with Crippen molar-refractivity contribution < 1.29 is 9.53 Å². The molecule has 130 valence electrons. The number of ether oxygens (including phenoxy) is 1. The topological polar surface area (TPSA) is 43.3 Å². The number of hydrogen-bond acceptors (Lipinski definition) is 2. The van der Waals surface area contributed by atoms with Gasteiger partial charge in [-0.15, -0.1) is 0 Å². The van der Waals surface area contributed by atoms with Gasteiger partial charge in [-0.2, -0.15) is 0 Å². The number of para-hydroxylation sites is 1. The Balaban J connectivity index is 1.49. The minimum atomic E-state index is -0.0297. The summed E-state index contributed by atoms with van der Waals surface area (Å²) in [5.74, 6) is 0.649. The molecule has 0 bridgehead atoms. The molecule has 1 amide bonds. The van der Waals surface area contributed by atoms with Gasteiger partial charge in [-0.3, -0.25) is 4.79 Å². The van der Waals surface area contributed by atoms with Crippen LogP contribution in [0.25, 0.3) is 10.9 Å². The SMILES string of the molecule is COc1ccc(Cl)cc1CC(=O)NCCCn1ccc2ccccc21. The Morgan fingerprint density at radius 1 is 1.20 bits per heavy atom. The lowest BCUT2D eigenvalue weighted by atomic mass is 10.1. The van der Waals surface area contributed by atoms with E-state index in [-0.39, 0.29) is 12.3 Å². The maximum atomic E-state index is 12.1. The molecule has 2 aromatic carbocycles. The average molecular weight is 357 g/mol. The largest absolute Gasteiger partial charge is 0.496 e. The molecule has 0 aliphatic carbocycles. The summed E-state index contributed by atoms with van der Waals surface area (Å²) in [7, 11) is 1.59. The standard InChI is InChI=1S/C20H21ClN2O2/c1-25-19-8-7-17(21)13-16(19)14-20(24)22-10-4-11-23-12-9-15-5-2-3-6-18(15)23/h2-3,5-9,12-13H,4,10-11,14H2,1H3,(H,22,24). The van der Waals surface area contributed by atoms with Crippen molar-refractivity contribution in [2.45, 2.75) is 19.4 Å². The van der Waals surface area contributed by atoms with Gasteiger partial charge in [-0.1, -0.05) is 29.8 Å². The zero-order valence-corrected chi connectivity index (χ0v) is 14.9.